The zero-order chi connectivity index (χ0) is 11.3. The molecule has 0 aliphatic heterocycles. The summed E-state index contributed by atoms with van der Waals surface area (Å²) in [4.78, 5) is 0. The second kappa shape index (κ2) is 5.44. The topological polar surface area (TPSA) is 24.1 Å². The molecule has 0 aromatic heterocycles. The molecule has 0 saturated heterocycles. The Labute approximate surface area is 92.4 Å². The molecule has 0 bridgehead atoms. The molecular formula is C13H20N2. The third kappa shape index (κ3) is 4.54. The van der Waals surface area contributed by atoms with Crippen molar-refractivity contribution < 1.29 is 0 Å². The lowest BCUT2D eigenvalue weighted by atomic mass is 10.1. The van der Waals surface area contributed by atoms with Crippen LogP contribution in [0.4, 0.5) is 0 Å². The molecule has 0 radical (unpaired) electrons. The second-order valence-corrected chi connectivity index (χ2v) is 4.12. The summed E-state index contributed by atoms with van der Waals surface area (Å²) in [5.41, 5.74) is 2.56. The van der Waals surface area contributed by atoms with Gasteiger partial charge in [-0.3, -0.25) is 0 Å². The second-order valence-electron chi connectivity index (χ2n) is 4.12. The van der Waals surface area contributed by atoms with Gasteiger partial charge in [0.1, 0.15) is 0 Å². The summed E-state index contributed by atoms with van der Waals surface area (Å²) in [6, 6.07) is 8.92. The number of rotatable bonds is 5. The van der Waals surface area contributed by atoms with Crippen LogP contribution in [-0.2, 0) is 6.54 Å². The van der Waals surface area contributed by atoms with Gasteiger partial charge in [0.15, 0.2) is 0 Å². The van der Waals surface area contributed by atoms with Crippen LogP contribution in [0.2, 0.25) is 0 Å². The van der Waals surface area contributed by atoms with Crippen LogP contribution in [0.5, 0.6) is 0 Å². The molecule has 0 amide bonds. The van der Waals surface area contributed by atoms with Crippen LogP contribution >= 0.6 is 0 Å². The smallest absolute Gasteiger partial charge is 0.0917 e. The lowest BCUT2D eigenvalue weighted by Crippen LogP contribution is -2.30. The van der Waals surface area contributed by atoms with Crippen molar-refractivity contribution in [2.24, 2.45) is 0 Å². The minimum Gasteiger partial charge on any atom is -0.370 e. The summed E-state index contributed by atoms with van der Waals surface area (Å²) in [5.74, 6) is 0.880. The van der Waals surface area contributed by atoms with Crippen molar-refractivity contribution in [1.29, 1.82) is 0 Å². The molecule has 1 aromatic carbocycles. The molecule has 0 atom stereocenters. The van der Waals surface area contributed by atoms with Crippen LogP contribution < -0.4 is 10.6 Å². The highest BCUT2D eigenvalue weighted by atomic mass is 15.1. The first kappa shape index (κ1) is 11.6. The van der Waals surface area contributed by atoms with Crippen molar-refractivity contribution in [2.75, 3.05) is 0 Å². The Morgan fingerprint density at radius 2 is 1.87 bits per heavy atom. The summed E-state index contributed by atoms with van der Waals surface area (Å²) in [6.45, 7) is 11.0. The Hall–Kier alpha value is -1.44. The van der Waals surface area contributed by atoms with Crippen molar-refractivity contribution in [3.63, 3.8) is 0 Å². The summed E-state index contributed by atoms with van der Waals surface area (Å²) < 4.78 is 0. The van der Waals surface area contributed by atoms with Crippen LogP contribution in [0.1, 0.15) is 25.0 Å². The first-order chi connectivity index (χ1) is 7.08. The van der Waals surface area contributed by atoms with Crippen LogP contribution in [0.3, 0.4) is 0 Å². The Balaban J connectivity index is 2.37. The summed E-state index contributed by atoms with van der Waals surface area (Å²) in [5, 5.41) is 6.46. The molecular weight excluding hydrogens is 184 g/mol. The predicted molar refractivity (Wildman–Crippen MR) is 65.4 cm³/mol. The SMILES string of the molecule is C=C(NCc1ccc(C)cc1)NC(C)C. The lowest BCUT2D eigenvalue weighted by molar-refractivity contribution is 0.609. The van der Waals surface area contributed by atoms with Crippen molar-refractivity contribution in [3.05, 3.63) is 47.8 Å². The maximum Gasteiger partial charge on any atom is 0.0917 e. The molecule has 1 aromatic rings. The fourth-order valence-corrected chi connectivity index (χ4v) is 1.31. The fourth-order valence-electron chi connectivity index (χ4n) is 1.31. The van der Waals surface area contributed by atoms with E-state index < -0.39 is 0 Å². The van der Waals surface area contributed by atoms with Crippen molar-refractivity contribution >= 4 is 0 Å². The molecule has 82 valence electrons. The Bertz CT molecular complexity index is 312. The Morgan fingerprint density at radius 1 is 1.27 bits per heavy atom. The summed E-state index contributed by atoms with van der Waals surface area (Å²) in [6.07, 6.45) is 0. The first-order valence-electron chi connectivity index (χ1n) is 5.33. The van der Waals surface area contributed by atoms with E-state index in [1.165, 1.54) is 11.1 Å². The highest BCUT2D eigenvalue weighted by Crippen LogP contribution is 2.02. The van der Waals surface area contributed by atoms with Gasteiger partial charge in [0.05, 0.1) is 5.82 Å². The average molecular weight is 204 g/mol. The summed E-state index contributed by atoms with van der Waals surface area (Å²) in [7, 11) is 0. The minimum atomic E-state index is 0.419. The van der Waals surface area contributed by atoms with E-state index in [1.807, 2.05) is 0 Å². The molecule has 2 N–H and O–H groups in total. The number of hydrogen-bond donors (Lipinski definition) is 2. The third-order valence-corrected chi connectivity index (χ3v) is 2.09. The number of aryl methyl sites for hydroxylation is 1. The van der Waals surface area contributed by atoms with Gasteiger partial charge in [0.2, 0.25) is 0 Å². The van der Waals surface area contributed by atoms with Gasteiger partial charge in [-0.2, -0.15) is 0 Å². The van der Waals surface area contributed by atoms with Crippen molar-refractivity contribution in [2.45, 2.75) is 33.4 Å². The molecule has 0 spiro atoms. The van der Waals surface area contributed by atoms with Crippen LogP contribution in [-0.4, -0.2) is 6.04 Å². The van der Waals surface area contributed by atoms with E-state index in [4.69, 9.17) is 0 Å². The van der Waals surface area contributed by atoms with E-state index in [0.717, 1.165) is 12.4 Å². The molecule has 2 nitrogen and oxygen atoms in total. The van der Waals surface area contributed by atoms with E-state index in [2.05, 4.69) is 62.2 Å². The van der Waals surface area contributed by atoms with E-state index in [9.17, 15) is 0 Å². The van der Waals surface area contributed by atoms with Gasteiger partial charge >= 0.3 is 0 Å². The number of nitrogens with one attached hydrogen (secondary N) is 2. The lowest BCUT2D eigenvalue weighted by Gasteiger charge is -2.14. The standard InChI is InChI=1S/C13H20N2/c1-10(2)15-12(4)14-9-13-7-5-11(3)6-8-13/h5-8,10,14-15H,4,9H2,1-3H3. The largest absolute Gasteiger partial charge is 0.370 e. The maximum absolute atomic E-state index is 3.91. The maximum atomic E-state index is 3.91. The molecule has 0 unspecified atom stereocenters. The minimum absolute atomic E-state index is 0.419. The van der Waals surface area contributed by atoms with Gasteiger partial charge in [-0.1, -0.05) is 36.4 Å². The van der Waals surface area contributed by atoms with Crippen LogP contribution in [0.25, 0.3) is 0 Å². The van der Waals surface area contributed by atoms with Crippen molar-refractivity contribution in [1.82, 2.24) is 10.6 Å². The third-order valence-electron chi connectivity index (χ3n) is 2.09. The highest BCUT2D eigenvalue weighted by molar-refractivity contribution is 5.21. The quantitative estimate of drug-likeness (QED) is 0.770. The molecule has 0 saturated carbocycles. The van der Waals surface area contributed by atoms with Crippen LogP contribution in [0, 0.1) is 6.92 Å². The molecule has 0 heterocycles. The predicted octanol–water partition coefficient (Wildman–Crippen LogP) is 2.55. The van der Waals surface area contributed by atoms with E-state index >= 15 is 0 Å². The molecule has 0 fully saturated rings. The van der Waals surface area contributed by atoms with Gasteiger partial charge in [0, 0.05) is 12.6 Å². The summed E-state index contributed by atoms with van der Waals surface area (Å²) >= 11 is 0. The number of benzene rings is 1. The first-order valence-corrected chi connectivity index (χ1v) is 5.33. The Morgan fingerprint density at radius 3 is 2.40 bits per heavy atom. The van der Waals surface area contributed by atoms with Crippen LogP contribution in [0.15, 0.2) is 36.7 Å². The average Bonchev–Trinajstić information content (AvgIpc) is 2.16. The Kier molecular flexibility index (Phi) is 4.22. The normalized spacial score (nSPS) is 10.1. The van der Waals surface area contributed by atoms with E-state index in [1.54, 1.807) is 0 Å². The molecule has 0 aliphatic carbocycles. The zero-order valence-electron chi connectivity index (χ0n) is 9.80. The number of hydrogen-bond acceptors (Lipinski definition) is 2. The van der Waals surface area contributed by atoms with E-state index in [-0.39, 0.29) is 0 Å². The molecule has 1 rings (SSSR count). The van der Waals surface area contributed by atoms with Gasteiger partial charge in [-0.05, 0) is 26.3 Å². The van der Waals surface area contributed by atoms with E-state index in [0.29, 0.717) is 6.04 Å². The monoisotopic (exact) mass is 204 g/mol. The van der Waals surface area contributed by atoms with Crippen molar-refractivity contribution in [3.8, 4) is 0 Å². The highest BCUT2D eigenvalue weighted by Gasteiger charge is 1.96. The molecule has 2 heteroatoms. The zero-order valence-corrected chi connectivity index (χ0v) is 9.80. The molecule has 15 heavy (non-hydrogen) atoms. The van der Waals surface area contributed by atoms with Gasteiger partial charge < -0.3 is 10.6 Å². The fraction of sp³-hybridized carbons (Fsp3) is 0.385. The molecule has 0 aliphatic rings. The van der Waals surface area contributed by atoms with Gasteiger partial charge in [0.25, 0.3) is 0 Å². The van der Waals surface area contributed by atoms with Gasteiger partial charge in [-0.25, -0.2) is 0 Å². The van der Waals surface area contributed by atoms with Gasteiger partial charge in [-0.15, -0.1) is 0 Å².